The Morgan fingerprint density at radius 3 is 2.73 bits per heavy atom. The quantitative estimate of drug-likeness (QED) is 0.451. The summed E-state index contributed by atoms with van der Waals surface area (Å²) in [6, 6.07) is 9.59. The fourth-order valence-corrected chi connectivity index (χ4v) is 1.83. The molecule has 0 saturated carbocycles. The van der Waals surface area contributed by atoms with Crippen molar-refractivity contribution < 1.29 is 9.47 Å². The van der Waals surface area contributed by atoms with Crippen molar-refractivity contribution in [2.75, 3.05) is 27.4 Å². The molecule has 7 nitrogen and oxygen atoms in total. The average Bonchev–Trinajstić information content (AvgIpc) is 3.02. The highest BCUT2D eigenvalue weighted by Crippen LogP contribution is 2.14. The molecule has 1 heterocycles. The van der Waals surface area contributed by atoms with Gasteiger partial charge < -0.3 is 20.5 Å². The smallest absolute Gasteiger partial charge is 0.189 e. The van der Waals surface area contributed by atoms with Crippen molar-refractivity contribution >= 4 is 5.96 Å². The van der Waals surface area contributed by atoms with Gasteiger partial charge in [0.25, 0.3) is 0 Å². The van der Waals surface area contributed by atoms with E-state index < -0.39 is 0 Å². The first kappa shape index (κ1) is 15.8. The molecule has 0 bridgehead atoms. The lowest BCUT2D eigenvalue weighted by Crippen LogP contribution is -2.34. The van der Waals surface area contributed by atoms with E-state index in [9.17, 15) is 0 Å². The number of hydrogen-bond donors (Lipinski definition) is 2. The summed E-state index contributed by atoms with van der Waals surface area (Å²) in [5, 5.41) is 7.42. The third-order valence-electron chi connectivity index (χ3n) is 3.00. The topological polar surface area (TPSA) is 86.7 Å². The molecule has 118 valence electrons. The van der Waals surface area contributed by atoms with Crippen LogP contribution in [0.5, 0.6) is 5.75 Å². The third kappa shape index (κ3) is 4.49. The van der Waals surface area contributed by atoms with Gasteiger partial charge in [0.15, 0.2) is 5.96 Å². The van der Waals surface area contributed by atoms with Gasteiger partial charge in [-0.3, -0.25) is 0 Å². The van der Waals surface area contributed by atoms with Crippen molar-refractivity contribution in [1.82, 2.24) is 15.1 Å². The number of benzene rings is 1. The van der Waals surface area contributed by atoms with Gasteiger partial charge in [0, 0.05) is 19.9 Å². The Bertz CT molecular complexity index is 607. The zero-order valence-electron chi connectivity index (χ0n) is 12.8. The van der Waals surface area contributed by atoms with Crippen LogP contribution in [0.25, 0.3) is 5.69 Å². The molecule has 1 aromatic heterocycles. The van der Waals surface area contributed by atoms with E-state index in [0.717, 1.165) is 17.1 Å². The lowest BCUT2D eigenvalue weighted by atomic mass is 10.3. The van der Waals surface area contributed by atoms with Gasteiger partial charge in [0.1, 0.15) is 5.75 Å². The molecule has 2 rings (SSSR count). The standard InChI is InChI=1S/C15H21N5O2/c1-21-10-8-17-15(16)18-11-12-7-9-20(19-12)13-3-5-14(22-2)6-4-13/h3-7,9H,8,10-11H2,1-2H3,(H3,16,17,18). The number of aliphatic imine (C=N–C) groups is 1. The molecule has 0 aliphatic carbocycles. The number of nitrogens with zero attached hydrogens (tertiary/aromatic N) is 3. The molecule has 0 unspecified atom stereocenters. The Hall–Kier alpha value is -2.54. The van der Waals surface area contributed by atoms with E-state index in [2.05, 4.69) is 15.4 Å². The van der Waals surface area contributed by atoms with Gasteiger partial charge in [-0.25, -0.2) is 9.67 Å². The SMILES string of the molecule is COCCNC(N)=NCc1ccn(-c2ccc(OC)cc2)n1. The maximum absolute atomic E-state index is 5.75. The van der Waals surface area contributed by atoms with Crippen LogP contribution in [-0.2, 0) is 11.3 Å². The summed E-state index contributed by atoms with van der Waals surface area (Å²) in [4.78, 5) is 4.23. The summed E-state index contributed by atoms with van der Waals surface area (Å²) in [5.74, 6) is 1.20. The number of nitrogens with one attached hydrogen (secondary N) is 1. The number of methoxy groups -OCH3 is 2. The summed E-state index contributed by atoms with van der Waals surface area (Å²) in [7, 11) is 3.28. The van der Waals surface area contributed by atoms with Gasteiger partial charge >= 0.3 is 0 Å². The summed E-state index contributed by atoms with van der Waals surface area (Å²) in [6.07, 6.45) is 1.89. The Kier molecular flexibility index (Phi) is 5.79. The Morgan fingerprint density at radius 2 is 2.05 bits per heavy atom. The highest BCUT2D eigenvalue weighted by atomic mass is 16.5. The largest absolute Gasteiger partial charge is 0.497 e. The van der Waals surface area contributed by atoms with Gasteiger partial charge in [-0.05, 0) is 30.3 Å². The zero-order valence-corrected chi connectivity index (χ0v) is 12.8. The van der Waals surface area contributed by atoms with E-state index >= 15 is 0 Å². The molecule has 3 N–H and O–H groups in total. The summed E-state index contributed by atoms with van der Waals surface area (Å²) in [5.41, 5.74) is 7.55. The van der Waals surface area contributed by atoms with Crippen LogP contribution in [0.15, 0.2) is 41.5 Å². The summed E-state index contributed by atoms with van der Waals surface area (Å²) in [6.45, 7) is 1.64. The van der Waals surface area contributed by atoms with E-state index in [-0.39, 0.29) is 0 Å². The zero-order chi connectivity index (χ0) is 15.8. The average molecular weight is 303 g/mol. The number of ether oxygens (including phenoxy) is 2. The minimum Gasteiger partial charge on any atom is -0.497 e. The van der Waals surface area contributed by atoms with Gasteiger partial charge in [-0.2, -0.15) is 5.10 Å². The normalized spacial score (nSPS) is 11.5. The Balaban J connectivity index is 1.94. The molecule has 22 heavy (non-hydrogen) atoms. The van der Waals surface area contributed by atoms with Gasteiger partial charge in [-0.1, -0.05) is 0 Å². The van der Waals surface area contributed by atoms with Crippen LogP contribution in [0.3, 0.4) is 0 Å². The van der Waals surface area contributed by atoms with Crippen LogP contribution in [-0.4, -0.2) is 43.1 Å². The minimum atomic E-state index is 0.385. The fourth-order valence-electron chi connectivity index (χ4n) is 1.83. The molecule has 7 heteroatoms. The first-order valence-corrected chi connectivity index (χ1v) is 6.94. The molecule has 0 saturated heterocycles. The highest BCUT2D eigenvalue weighted by molar-refractivity contribution is 5.77. The van der Waals surface area contributed by atoms with Crippen molar-refractivity contribution in [3.05, 3.63) is 42.2 Å². The van der Waals surface area contributed by atoms with E-state index in [1.807, 2.05) is 36.5 Å². The molecule has 0 spiro atoms. The van der Waals surface area contributed by atoms with E-state index in [1.165, 1.54) is 0 Å². The maximum Gasteiger partial charge on any atom is 0.189 e. The first-order chi connectivity index (χ1) is 10.7. The minimum absolute atomic E-state index is 0.385. The van der Waals surface area contributed by atoms with Crippen molar-refractivity contribution in [1.29, 1.82) is 0 Å². The van der Waals surface area contributed by atoms with Crippen LogP contribution in [0.4, 0.5) is 0 Å². The van der Waals surface area contributed by atoms with Gasteiger partial charge in [0.05, 0.1) is 31.6 Å². The lowest BCUT2D eigenvalue weighted by molar-refractivity contribution is 0.204. The molecule has 0 atom stereocenters. The second-order valence-corrected chi connectivity index (χ2v) is 4.57. The van der Waals surface area contributed by atoms with E-state index in [4.69, 9.17) is 15.2 Å². The second kappa shape index (κ2) is 8.04. The monoisotopic (exact) mass is 303 g/mol. The third-order valence-corrected chi connectivity index (χ3v) is 3.00. The first-order valence-electron chi connectivity index (χ1n) is 6.94. The van der Waals surface area contributed by atoms with Crippen molar-refractivity contribution in [2.45, 2.75) is 6.54 Å². The number of rotatable bonds is 7. The van der Waals surface area contributed by atoms with Gasteiger partial charge in [0.2, 0.25) is 0 Å². The van der Waals surface area contributed by atoms with Crippen LogP contribution < -0.4 is 15.8 Å². The number of guanidine groups is 1. The molecule has 0 aliphatic heterocycles. The lowest BCUT2D eigenvalue weighted by Gasteiger charge is -2.04. The van der Waals surface area contributed by atoms with Crippen LogP contribution in [0.2, 0.25) is 0 Å². The number of hydrogen-bond acceptors (Lipinski definition) is 4. The van der Waals surface area contributed by atoms with Crippen LogP contribution in [0, 0.1) is 0 Å². The molecular weight excluding hydrogens is 282 g/mol. The van der Waals surface area contributed by atoms with Crippen molar-refractivity contribution in [2.24, 2.45) is 10.7 Å². The highest BCUT2D eigenvalue weighted by Gasteiger charge is 2.01. The molecular formula is C15H21N5O2. The number of aromatic nitrogens is 2. The summed E-state index contributed by atoms with van der Waals surface area (Å²) >= 11 is 0. The van der Waals surface area contributed by atoms with E-state index in [0.29, 0.717) is 25.7 Å². The Labute approximate surface area is 129 Å². The maximum atomic E-state index is 5.75. The molecule has 1 aromatic carbocycles. The van der Waals surface area contributed by atoms with Crippen LogP contribution >= 0.6 is 0 Å². The predicted octanol–water partition coefficient (Wildman–Crippen LogP) is 0.932. The number of nitrogens with two attached hydrogens (primary N) is 1. The molecule has 0 aliphatic rings. The van der Waals surface area contributed by atoms with Gasteiger partial charge in [-0.15, -0.1) is 0 Å². The molecule has 2 aromatic rings. The Morgan fingerprint density at radius 1 is 1.27 bits per heavy atom. The van der Waals surface area contributed by atoms with Crippen LogP contribution in [0.1, 0.15) is 5.69 Å². The van der Waals surface area contributed by atoms with Crippen molar-refractivity contribution in [3.63, 3.8) is 0 Å². The second-order valence-electron chi connectivity index (χ2n) is 4.57. The molecule has 0 radical (unpaired) electrons. The summed E-state index contributed by atoms with van der Waals surface area (Å²) < 4.78 is 11.9. The van der Waals surface area contributed by atoms with Crippen molar-refractivity contribution in [3.8, 4) is 11.4 Å². The molecule has 0 fully saturated rings. The predicted molar refractivity (Wildman–Crippen MR) is 85.3 cm³/mol. The van der Waals surface area contributed by atoms with E-state index in [1.54, 1.807) is 18.9 Å². The fraction of sp³-hybridized carbons (Fsp3) is 0.333. The molecule has 0 amide bonds.